The van der Waals surface area contributed by atoms with Crippen molar-refractivity contribution in [2.75, 3.05) is 37.5 Å². The van der Waals surface area contributed by atoms with E-state index in [1.165, 1.54) is 16.6 Å². The van der Waals surface area contributed by atoms with Gasteiger partial charge in [-0.1, -0.05) is 13.8 Å². The summed E-state index contributed by atoms with van der Waals surface area (Å²) in [6.45, 7) is 7.67. The lowest BCUT2D eigenvalue weighted by atomic mass is 10.2. The monoisotopic (exact) mass is 473 g/mol. The smallest absolute Gasteiger partial charge is 0.330 e. The minimum atomic E-state index is -0.759. The number of nitrogen functional groups attached to an aromatic ring is 1. The first-order valence-electron chi connectivity index (χ1n) is 10.9. The number of aromatic amines is 1. The Morgan fingerprint density at radius 2 is 2.00 bits per heavy atom. The van der Waals surface area contributed by atoms with Crippen LogP contribution in [-0.2, 0) is 23.1 Å². The fourth-order valence-electron chi connectivity index (χ4n) is 3.79. The van der Waals surface area contributed by atoms with E-state index < -0.39 is 23.8 Å². The minimum Gasteiger partial charge on any atom is -0.466 e. The van der Waals surface area contributed by atoms with Gasteiger partial charge in [0.25, 0.3) is 11.5 Å². The topological polar surface area (TPSA) is 150 Å². The molecule has 184 valence electrons. The summed E-state index contributed by atoms with van der Waals surface area (Å²) in [7, 11) is 3.22. The van der Waals surface area contributed by atoms with Crippen molar-refractivity contribution in [3.8, 4) is 5.88 Å². The highest BCUT2D eigenvalue weighted by Crippen LogP contribution is 2.27. The van der Waals surface area contributed by atoms with Crippen LogP contribution < -0.4 is 26.6 Å². The van der Waals surface area contributed by atoms with Crippen LogP contribution in [0.1, 0.15) is 25.1 Å². The molecular weight excluding hydrogens is 442 g/mol. The fourth-order valence-corrected chi connectivity index (χ4v) is 3.79. The largest absolute Gasteiger partial charge is 0.466 e. The Hall–Kier alpha value is -3.67. The second kappa shape index (κ2) is 10.1. The van der Waals surface area contributed by atoms with Crippen LogP contribution in [0.25, 0.3) is 11.0 Å². The molecule has 12 nitrogen and oxygen atoms in total. The third-order valence-electron chi connectivity index (χ3n) is 5.27. The van der Waals surface area contributed by atoms with Gasteiger partial charge in [-0.3, -0.25) is 24.0 Å². The van der Waals surface area contributed by atoms with Gasteiger partial charge in [0, 0.05) is 32.9 Å². The Kier molecular flexibility index (Phi) is 7.40. The lowest BCUT2D eigenvalue weighted by Crippen LogP contribution is -2.44. The summed E-state index contributed by atoms with van der Waals surface area (Å²) in [6.07, 6.45) is 0. The predicted molar refractivity (Wildman–Crippen MR) is 128 cm³/mol. The van der Waals surface area contributed by atoms with E-state index in [4.69, 9.17) is 15.2 Å². The Labute approximate surface area is 196 Å². The molecule has 3 aromatic rings. The number of nitrogens with zero attached hydrogens (tertiary/aromatic N) is 5. The summed E-state index contributed by atoms with van der Waals surface area (Å²) in [5, 5.41) is 5.05. The number of ether oxygens (including phenoxy) is 2. The molecule has 0 saturated carbocycles. The SMILES string of the molecule is COCCN(C(=O)COc1nn(C)c2nc(C)cc(C)c12)c1c(N)n(CC(C)C)c(=O)[nH]c1=O. The quantitative estimate of drug-likeness (QED) is 0.462. The zero-order valence-corrected chi connectivity index (χ0v) is 20.3. The number of H-pyrrole nitrogens is 1. The Morgan fingerprint density at radius 3 is 2.65 bits per heavy atom. The van der Waals surface area contributed by atoms with Gasteiger partial charge < -0.3 is 15.2 Å². The molecule has 0 aliphatic heterocycles. The number of nitrogens with one attached hydrogen (secondary N) is 1. The molecule has 0 bridgehead atoms. The molecule has 0 fully saturated rings. The van der Waals surface area contributed by atoms with E-state index >= 15 is 0 Å². The zero-order chi connectivity index (χ0) is 25.2. The number of anilines is 2. The number of fused-ring (bicyclic) bond motifs is 1. The summed E-state index contributed by atoms with van der Waals surface area (Å²) >= 11 is 0. The van der Waals surface area contributed by atoms with Gasteiger partial charge in [-0.05, 0) is 31.4 Å². The minimum absolute atomic E-state index is 0.0363. The molecular formula is C22H31N7O5. The number of aromatic nitrogens is 5. The van der Waals surface area contributed by atoms with Crippen LogP contribution in [0, 0.1) is 19.8 Å². The van der Waals surface area contributed by atoms with E-state index in [1.54, 1.807) is 11.7 Å². The van der Waals surface area contributed by atoms with Crippen molar-refractivity contribution >= 4 is 28.4 Å². The maximum Gasteiger partial charge on any atom is 0.330 e. The van der Waals surface area contributed by atoms with Crippen molar-refractivity contribution in [2.24, 2.45) is 13.0 Å². The second-order valence-corrected chi connectivity index (χ2v) is 8.53. The molecule has 34 heavy (non-hydrogen) atoms. The van der Waals surface area contributed by atoms with Crippen LogP contribution in [0.3, 0.4) is 0 Å². The Morgan fingerprint density at radius 1 is 1.29 bits per heavy atom. The summed E-state index contributed by atoms with van der Waals surface area (Å²) in [5.74, 6) is -0.288. The van der Waals surface area contributed by atoms with Crippen molar-refractivity contribution in [1.82, 2.24) is 24.3 Å². The molecule has 0 unspecified atom stereocenters. The van der Waals surface area contributed by atoms with Gasteiger partial charge in [-0.15, -0.1) is 5.10 Å². The predicted octanol–water partition coefficient (Wildman–Crippen LogP) is 0.732. The number of amides is 1. The first-order chi connectivity index (χ1) is 16.0. The van der Waals surface area contributed by atoms with E-state index in [1.807, 2.05) is 33.8 Å². The number of nitrogens with two attached hydrogens (primary N) is 1. The third kappa shape index (κ3) is 4.96. The van der Waals surface area contributed by atoms with Crippen LogP contribution in [0.2, 0.25) is 0 Å². The van der Waals surface area contributed by atoms with Crippen LogP contribution in [0.5, 0.6) is 5.88 Å². The molecule has 3 aromatic heterocycles. The van der Waals surface area contributed by atoms with Gasteiger partial charge in [0.2, 0.25) is 5.88 Å². The summed E-state index contributed by atoms with van der Waals surface area (Å²) in [5.41, 5.74) is 7.09. The van der Waals surface area contributed by atoms with Crippen LogP contribution in [0.4, 0.5) is 11.5 Å². The van der Waals surface area contributed by atoms with Crippen LogP contribution in [-0.4, -0.2) is 57.1 Å². The van der Waals surface area contributed by atoms with Gasteiger partial charge >= 0.3 is 5.69 Å². The van der Waals surface area contributed by atoms with Gasteiger partial charge in [-0.25, -0.2) is 14.5 Å². The van der Waals surface area contributed by atoms with Crippen molar-refractivity contribution in [1.29, 1.82) is 0 Å². The van der Waals surface area contributed by atoms with E-state index in [0.717, 1.165) is 11.3 Å². The highest BCUT2D eigenvalue weighted by atomic mass is 16.5. The standard InChI is InChI=1S/C22H31N7O5/c1-12(2)10-29-18(23)17(20(31)25-22(29)32)28(7-8-33-6)15(30)11-34-21-16-13(3)9-14(4)24-19(16)27(5)26-21/h9,12H,7-8,10-11,23H2,1-6H3,(H,25,31,32). The maximum absolute atomic E-state index is 13.2. The van der Waals surface area contributed by atoms with E-state index in [9.17, 15) is 14.4 Å². The number of carbonyl (C=O) groups is 1. The van der Waals surface area contributed by atoms with Gasteiger partial charge in [0.15, 0.2) is 17.9 Å². The lowest BCUT2D eigenvalue weighted by Gasteiger charge is -2.24. The molecule has 0 aliphatic carbocycles. The summed E-state index contributed by atoms with van der Waals surface area (Å²) in [6, 6.07) is 1.90. The van der Waals surface area contributed by atoms with Crippen molar-refractivity contribution in [3.63, 3.8) is 0 Å². The molecule has 0 aliphatic rings. The first-order valence-corrected chi connectivity index (χ1v) is 10.9. The number of carbonyl (C=O) groups excluding carboxylic acids is 1. The van der Waals surface area contributed by atoms with E-state index in [2.05, 4.69) is 15.1 Å². The fraction of sp³-hybridized carbons (Fsp3) is 0.500. The summed E-state index contributed by atoms with van der Waals surface area (Å²) in [4.78, 5) is 46.1. The molecule has 0 spiro atoms. The molecule has 0 radical (unpaired) electrons. The van der Waals surface area contributed by atoms with Gasteiger partial charge in [-0.2, -0.15) is 0 Å². The van der Waals surface area contributed by atoms with Gasteiger partial charge in [0.1, 0.15) is 5.82 Å². The number of rotatable bonds is 9. The Bertz CT molecular complexity index is 1320. The first kappa shape index (κ1) is 25.0. The molecule has 0 saturated heterocycles. The lowest BCUT2D eigenvalue weighted by molar-refractivity contribution is -0.120. The van der Waals surface area contributed by atoms with Crippen LogP contribution in [0.15, 0.2) is 15.7 Å². The number of hydrogen-bond donors (Lipinski definition) is 2. The second-order valence-electron chi connectivity index (χ2n) is 8.53. The van der Waals surface area contributed by atoms with Crippen molar-refractivity contribution < 1.29 is 14.3 Å². The third-order valence-corrected chi connectivity index (χ3v) is 5.27. The molecule has 3 heterocycles. The normalized spacial score (nSPS) is 11.4. The zero-order valence-electron chi connectivity index (χ0n) is 20.3. The number of hydrogen-bond acceptors (Lipinski definition) is 8. The Balaban J connectivity index is 1.96. The number of methoxy groups -OCH3 is 1. The molecule has 3 rings (SSSR count). The molecule has 3 N–H and O–H groups in total. The van der Waals surface area contributed by atoms with Gasteiger partial charge in [0.05, 0.1) is 12.0 Å². The van der Waals surface area contributed by atoms with E-state index in [-0.39, 0.29) is 43.0 Å². The van der Waals surface area contributed by atoms with Crippen LogP contribution >= 0.6 is 0 Å². The molecule has 12 heteroatoms. The van der Waals surface area contributed by atoms with E-state index in [0.29, 0.717) is 11.0 Å². The number of pyridine rings is 1. The molecule has 0 aromatic carbocycles. The maximum atomic E-state index is 13.2. The average molecular weight is 474 g/mol. The average Bonchev–Trinajstić information content (AvgIpc) is 3.07. The van der Waals surface area contributed by atoms with Crippen molar-refractivity contribution in [2.45, 2.75) is 34.2 Å². The molecule has 0 atom stereocenters. The van der Waals surface area contributed by atoms with Crippen molar-refractivity contribution in [3.05, 3.63) is 38.2 Å². The molecule has 1 amide bonds. The highest BCUT2D eigenvalue weighted by molar-refractivity contribution is 5.97. The highest BCUT2D eigenvalue weighted by Gasteiger charge is 2.25. The number of aryl methyl sites for hydroxylation is 3. The summed E-state index contributed by atoms with van der Waals surface area (Å²) < 4.78 is 13.7.